The van der Waals surface area contributed by atoms with Crippen LogP contribution in [0.15, 0.2) is 28.9 Å². The Bertz CT molecular complexity index is 863. The standard InChI is InChI=1S/C20H23N3O5/c1-26-15-4-3-5-16(27-2)18(15)20(25)23(13-8-9-13)10-17-22-14(11-28-17)19(24)21-12-6-7-12/h3-5,11-13H,6-10H2,1-2H3,(H,21,24). The van der Waals surface area contributed by atoms with Gasteiger partial charge in [0.05, 0.1) is 20.8 Å². The molecular weight excluding hydrogens is 362 g/mol. The van der Waals surface area contributed by atoms with Crippen molar-refractivity contribution in [2.45, 2.75) is 44.3 Å². The molecule has 0 bridgehead atoms. The summed E-state index contributed by atoms with van der Waals surface area (Å²) in [6.45, 7) is 0.182. The molecule has 2 aromatic rings. The van der Waals surface area contributed by atoms with E-state index in [9.17, 15) is 9.59 Å². The maximum atomic E-state index is 13.3. The molecule has 0 spiro atoms. The number of nitrogens with zero attached hydrogens (tertiary/aromatic N) is 2. The Kier molecular flexibility index (Phi) is 4.93. The molecule has 2 aliphatic carbocycles. The van der Waals surface area contributed by atoms with Crippen LogP contribution in [0, 0.1) is 0 Å². The molecule has 0 radical (unpaired) electrons. The monoisotopic (exact) mass is 385 g/mol. The van der Waals surface area contributed by atoms with Crippen molar-refractivity contribution in [2.24, 2.45) is 0 Å². The van der Waals surface area contributed by atoms with E-state index in [2.05, 4.69) is 10.3 Å². The molecule has 1 aromatic heterocycles. The predicted octanol–water partition coefficient (Wildman–Crippen LogP) is 2.39. The van der Waals surface area contributed by atoms with Crippen molar-refractivity contribution in [3.8, 4) is 11.5 Å². The van der Waals surface area contributed by atoms with E-state index >= 15 is 0 Å². The average Bonchev–Trinajstić information content (AvgIpc) is 3.65. The minimum atomic E-state index is -0.242. The van der Waals surface area contributed by atoms with Gasteiger partial charge in [-0.1, -0.05) is 6.07 Å². The van der Waals surface area contributed by atoms with Crippen LogP contribution in [-0.2, 0) is 6.54 Å². The number of rotatable bonds is 8. The third kappa shape index (κ3) is 3.81. The second-order valence-electron chi connectivity index (χ2n) is 7.08. The van der Waals surface area contributed by atoms with E-state index in [1.165, 1.54) is 20.5 Å². The summed E-state index contributed by atoms with van der Waals surface area (Å²) < 4.78 is 16.2. The van der Waals surface area contributed by atoms with Crippen LogP contribution in [0.25, 0.3) is 0 Å². The van der Waals surface area contributed by atoms with E-state index in [0.717, 1.165) is 25.7 Å². The fourth-order valence-corrected chi connectivity index (χ4v) is 3.08. The summed E-state index contributed by atoms with van der Waals surface area (Å²) in [4.78, 5) is 31.4. The van der Waals surface area contributed by atoms with Crippen molar-refractivity contribution in [1.82, 2.24) is 15.2 Å². The molecule has 4 rings (SSSR count). The molecule has 1 aromatic carbocycles. The van der Waals surface area contributed by atoms with Gasteiger partial charge in [0.25, 0.3) is 11.8 Å². The zero-order chi connectivity index (χ0) is 19.7. The highest BCUT2D eigenvalue weighted by molar-refractivity contribution is 6.00. The van der Waals surface area contributed by atoms with Gasteiger partial charge < -0.3 is 24.1 Å². The molecule has 1 N–H and O–H groups in total. The number of oxazole rings is 1. The summed E-state index contributed by atoms with van der Waals surface area (Å²) in [5.41, 5.74) is 0.609. The van der Waals surface area contributed by atoms with Gasteiger partial charge in [0.1, 0.15) is 23.3 Å². The van der Waals surface area contributed by atoms with E-state index in [0.29, 0.717) is 23.0 Å². The normalized spacial score (nSPS) is 15.8. The Hall–Kier alpha value is -3.03. The molecule has 0 unspecified atom stereocenters. The Labute approximate surface area is 162 Å². The Morgan fingerprint density at radius 2 is 1.86 bits per heavy atom. The van der Waals surface area contributed by atoms with E-state index in [4.69, 9.17) is 13.9 Å². The Morgan fingerprint density at radius 1 is 1.18 bits per heavy atom. The molecule has 0 aliphatic heterocycles. The lowest BCUT2D eigenvalue weighted by Crippen LogP contribution is -2.33. The maximum absolute atomic E-state index is 13.3. The second kappa shape index (κ2) is 7.53. The van der Waals surface area contributed by atoms with Crippen LogP contribution in [0.5, 0.6) is 11.5 Å². The molecular formula is C20H23N3O5. The van der Waals surface area contributed by atoms with Crippen LogP contribution >= 0.6 is 0 Å². The Morgan fingerprint density at radius 3 is 2.43 bits per heavy atom. The summed E-state index contributed by atoms with van der Waals surface area (Å²) in [6, 6.07) is 5.58. The van der Waals surface area contributed by atoms with Gasteiger partial charge in [-0.15, -0.1) is 0 Å². The fourth-order valence-electron chi connectivity index (χ4n) is 3.08. The highest BCUT2D eigenvalue weighted by atomic mass is 16.5. The van der Waals surface area contributed by atoms with Crippen LogP contribution in [0.4, 0.5) is 0 Å². The lowest BCUT2D eigenvalue weighted by molar-refractivity contribution is 0.0707. The topological polar surface area (TPSA) is 93.9 Å². The first kappa shape index (κ1) is 18.3. The largest absolute Gasteiger partial charge is 0.496 e. The SMILES string of the molecule is COc1cccc(OC)c1C(=O)N(Cc1nc(C(=O)NC2CC2)co1)C1CC1. The summed E-state index contributed by atoms with van der Waals surface area (Å²) in [5.74, 6) is 0.779. The molecule has 8 nitrogen and oxygen atoms in total. The average molecular weight is 385 g/mol. The predicted molar refractivity (Wildman–Crippen MR) is 99.4 cm³/mol. The number of methoxy groups -OCH3 is 2. The Balaban J connectivity index is 1.55. The summed E-state index contributed by atoms with van der Waals surface area (Å²) in [5, 5.41) is 2.88. The second-order valence-corrected chi connectivity index (χ2v) is 7.08. The van der Waals surface area contributed by atoms with Crippen LogP contribution in [0.3, 0.4) is 0 Å². The highest BCUT2D eigenvalue weighted by Gasteiger charge is 2.36. The lowest BCUT2D eigenvalue weighted by Gasteiger charge is -2.23. The molecule has 1 heterocycles. The number of hydrogen-bond acceptors (Lipinski definition) is 6. The molecule has 0 atom stereocenters. The number of nitrogens with one attached hydrogen (secondary N) is 1. The molecule has 2 aliphatic rings. The molecule has 8 heteroatoms. The van der Waals surface area contributed by atoms with Crippen LogP contribution in [0.2, 0.25) is 0 Å². The fraction of sp³-hybridized carbons (Fsp3) is 0.450. The smallest absolute Gasteiger partial charge is 0.273 e. The molecule has 2 saturated carbocycles. The van der Waals surface area contributed by atoms with Gasteiger partial charge in [-0.25, -0.2) is 4.98 Å². The van der Waals surface area contributed by atoms with E-state index in [1.54, 1.807) is 23.1 Å². The summed E-state index contributed by atoms with van der Waals surface area (Å²) in [7, 11) is 3.04. The minimum absolute atomic E-state index is 0.109. The van der Waals surface area contributed by atoms with Crippen molar-refractivity contribution in [3.63, 3.8) is 0 Å². The number of hydrogen-bond donors (Lipinski definition) is 1. The third-order valence-corrected chi connectivity index (χ3v) is 4.89. The number of carbonyl (C=O) groups is 2. The molecule has 28 heavy (non-hydrogen) atoms. The van der Waals surface area contributed by atoms with Crippen molar-refractivity contribution < 1.29 is 23.5 Å². The van der Waals surface area contributed by atoms with Crippen molar-refractivity contribution >= 4 is 11.8 Å². The van der Waals surface area contributed by atoms with E-state index < -0.39 is 0 Å². The summed E-state index contributed by atoms with van der Waals surface area (Å²) in [6.07, 6.45) is 5.17. The summed E-state index contributed by atoms with van der Waals surface area (Å²) >= 11 is 0. The third-order valence-electron chi connectivity index (χ3n) is 4.89. The molecule has 2 fully saturated rings. The quantitative estimate of drug-likeness (QED) is 0.750. The zero-order valence-electron chi connectivity index (χ0n) is 15.9. The van der Waals surface area contributed by atoms with Crippen molar-refractivity contribution in [3.05, 3.63) is 41.6 Å². The lowest BCUT2D eigenvalue weighted by atomic mass is 10.1. The van der Waals surface area contributed by atoms with Crippen LogP contribution < -0.4 is 14.8 Å². The zero-order valence-corrected chi connectivity index (χ0v) is 15.9. The van der Waals surface area contributed by atoms with Gasteiger partial charge in [-0.3, -0.25) is 9.59 Å². The van der Waals surface area contributed by atoms with Crippen LogP contribution in [-0.4, -0.2) is 48.0 Å². The maximum Gasteiger partial charge on any atom is 0.273 e. The number of benzene rings is 1. The van der Waals surface area contributed by atoms with Gasteiger partial charge in [0, 0.05) is 12.1 Å². The molecule has 2 amide bonds. The van der Waals surface area contributed by atoms with Crippen molar-refractivity contribution in [1.29, 1.82) is 0 Å². The van der Waals surface area contributed by atoms with Gasteiger partial charge in [0.2, 0.25) is 5.89 Å². The van der Waals surface area contributed by atoms with E-state index in [-0.39, 0.29) is 36.1 Å². The minimum Gasteiger partial charge on any atom is -0.496 e. The first-order chi connectivity index (χ1) is 13.6. The number of ether oxygens (including phenoxy) is 2. The molecule has 148 valence electrons. The number of carbonyl (C=O) groups excluding carboxylic acids is 2. The van der Waals surface area contributed by atoms with Crippen molar-refractivity contribution in [2.75, 3.05) is 14.2 Å². The van der Waals surface area contributed by atoms with Gasteiger partial charge in [-0.2, -0.15) is 0 Å². The highest BCUT2D eigenvalue weighted by Crippen LogP contribution is 2.35. The first-order valence-electron chi connectivity index (χ1n) is 9.38. The number of aromatic nitrogens is 1. The van der Waals surface area contributed by atoms with Gasteiger partial charge in [0.15, 0.2) is 5.69 Å². The van der Waals surface area contributed by atoms with E-state index in [1.807, 2.05) is 0 Å². The van der Waals surface area contributed by atoms with Gasteiger partial charge >= 0.3 is 0 Å². The number of amides is 2. The van der Waals surface area contributed by atoms with Crippen LogP contribution in [0.1, 0.15) is 52.4 Å². The van der Waals surface area contributed by atoms with Gasteiger partial charge in [-0.05, 0) is 37.8 Å². The first-order valence-corrected chi connectivity index (χ1v) is 9.38. The molecule has 0 saturated heterocycles.